The highest BCUT2D eigenvalue weighted by Gasteiger charge is 2.47. The lowest BCUT2D eigenvalue weighted by Gasteiger charge is -2.28. The normalized spacial score (nSPS) is 28.8. The van der Waals surface area contributed by atoms with Crippen molar-refractivity contribution in [3.63, 3.8) is 0 Å². The first-order valence-corrected chi connectivity index (χ1v) is 10.5. The molecule has 150 valence electrons. The van der Waals surface area contributed by atoms with Gasteiger partial charge in [-0.05, 0) is 44.4 Å². The van der Waals surface area contributed by atoms with Gasteiger partial charge in [0.15, 0.2) is 0 Å². The van der Waals surface area contributed by atoms with E-state index in [1.165, 1.54) is 19.3 Å². The Morgan fingerprint density at radius 2 is 1.96 bits per heavy atom. The number of carboxylic acid groups (broad SMARTS) is 1. The Morgan fingerprint density at radius 1 is 1.19 bits per heavy atom. The summed E-state index contributed by atoms with van der Waals surface area (Å²) in [4.78, 5) is 10.5. The summed E-state index contributed by atoms with van der Waals surface area (Å²) in [6.45, 7) is 3.78. The van der Waals surface area contributed by atoms with Crippen LogP contribution in [-0.4, -0.2) is 47.6 Å². The van der Waals surface area contributed by atoms with Crippen LogP contribution in [0.15, 0.2) is 12.2 Å². The van der Waals surface area contributed by atoms with Crippen LogP contribution >= 0.6 is 0 Å². The average Bonchev–Trinajstić information content (AvgIpc) is 3.20. The monoisotopic (exact) mass is 367 g/mol. The molecule has 26 heavy (non-hydrogen) atoms. The maximum absolute atomic E-state index is 10.5. The summed E-state index contributed by atoms with van der Waals surface area (Å²) in [5, 5.41) is 22.2. The number of unbranched alkanes of at least 4 members (excludes halogenated alkanes) is 3. The predicted molar refractivity (Wildman–Crippen MR) is 103 cm³/mol. The zero-order chi connectivity index (χ0) is 18.8. The molecule has 0 amide bonds. The van der Waals surface area contributed by atoms with Crippen molar-refractivity contribution in [2.24, 2.45) is 11.8 Å². The van der Waals surface area contributed by atoms with Crippen LogP contribution < -0.4 is 5.32 Å². The van der Waals surface area contributed by atoms with Crippen molar-refractivity contribution in [1.29, 1.82) is 0 Å². The Kier molecular flexibility index (Phi) is 9.65. The second kappa shape index (κ2) is 11.7. The first kappa shape index (κ1) is 21.4. The summed E-state index contributed by atoms with van der Waals surface area (Å²) < 4.78 is 6.13. The molecular formula is C21H37NO4. The van der Waals surface area contributed by atoms with Crippen molar-refractivity contribution in [3.8, 4) is 0 Å². The van der Waals surface area contributed by atoms with Crippen LogP contribution in [0.5, 0.6) is 0 Å². The Bertz CT molecular complexity index is 440. The number of aliphatic hydroxyl groups is 1. The second-order valence-electron chi connectivity index (χ2n) is 7.92. The summed E-state index contributed by atoms with van der Waals surface area (Å²) in [5.41, 5.74) is 0. The Hall–Kier alpha value is -0.910. The second-order valence-corrected chi connectivity index (χ2v) is 7.92. The molecule has 0 aliphatic carbocycles. The molecule has 2 aliphatic rings. The molecule has 1 unspecified atom stereocenters. The Morgan fingerprint density at radius 3 is 2.69 bits per heavy atom. The smallest absolute Gasteiger partial charge is 0.303 e. The molecule has 2 bridgehead atoms. The summed E-state index contributed by atoms with van der Waals surface area (Å²) in [5.74, 6) is 0.359. The first-order valence-electron chi connectivity index (χ1n) is 10.5. The van der Waals surface area contributed by atoms with Crippen molar-refractivity contribution >= 4 is 5.97 Å². The van der Waals surface area contributed by atoms with E-state index in [0.29, 0.717) is 37.0 Å². The Labute approximate surface area is 158 Å². The lowest BCUT2D eigenvalue weighted by Crippen LogP contribution is -2.38. The number of hydrogen-bond donors (Lipinski definition) is 3. The molecule has 0 aromatic heterocycles. The van der Waals surface area contributed by atoms with Gasteiger partial charge in [0, 0.05) is 25.4 Å². The molecule has 0 radical (unpaired) electrons. The van der Waals surface area contributed by atoms with Crippen molar-refractivity contribution in [1.82, 2.24) is 5.32 Å². The standard InChI is InChI=1S/C21H37NO4/c1-2-3-6-9-16(23)14-22-15-18-17(19-12-13-20(18)26-19)10-7-4-5-8-11-21(24)25/h4,7,16-20,22-23H,2-3,5-6,8-15H2,1H3,(H,24,25)/t16?,17-,18-,19-,20+/m1/s1. The summed E-state index contributed by atoms with van der Waals surface area (Å²) >= 11 is 0. The molecule has 2 fully saturated rings. The number of nitrogens with one attached hydrogen (secondary N) is 1. The third-order valence-corrected chi connectivity index (χ3v) is 5.83. The number of ether oxygens (including phenoxy) is 1. The number of carboxylic acids is 1. The van der Waals surface area contributed by atoms with Crippen molar-refractivity contribution < 1.29 is 19.7 Å². The van der Waals surface area contributed by atoms with Crippen LogP contribution in [0.1, 0.15) is 71.1 Å². The highest BCUT2D eigenvalue weighted by Crippen LogP contribution is 2.44. The van der Waals surface area contributed by atoms with E-state index < -0.39 is 5.97 Å². The maximum Gasteiger partial charge on any atom is 0.303 e. The minimum absolute atomic E-state index is 0.242. The lowest BCUT2D eigenvalue weighted by molar-refractivity contribution is -0.137. The first-order chi connectivity index (χ1) is 12.6. The Balaban J connectivity index is 1.67. The minimum Gasteiger partial charge on any atom is -0.481 e. The van der Waals surface area contributed by atoms with Gasteiger partial charge in [-0.3, -0.25) is 4.79 Å². The molecule has 2 aliphatic heterocycles. The van der Waals surface area contributed by atoms with Gasteiger partial charge in [-0.2, -0.15) is 0 Å². The summed E-state index contributed by atoms with van der Waals surface area (Å²) in [7, 11) is 0. The van der Waals surface area contributed by atoms with E-state index in [-0.39, 0.29) is 12.5 Å². The van der Waals surface area contributed by atoms with Gasteiger partial charge < -0.3 is 20.3 Å². The van der Waals surface area contributed by atoms with Gasteiger partial charge in [-0.15, -0.1) is 0 Å². The number of allylic oxidation sites excluding steroid dienone is 2. The van der Waals surface area contributed by atoms with E-state index in [2.05, 4.69) is 24.4 Å². The molecule has 0 saturated carbocycles. The molecule has 0 aromatic rings. The number of fused-ring (bicyclic) bond motifs is 2. The minimum atomic E-state index is -0.720. The third-order valence-electron chi connectivity index (χ3n) is 5.83. The largest absolute Gasteiger partial charge is 0.481 e. The molecule has 0 aromatic carbocycles. The van der Waals surface area contributed by atoms with Crippen molar-refractivity contribution in [2.45, 2.75) is 89.4 Å². The topological polar surface area (TPSA) is 78.8 Å². The van der Waals surface area contributed by atoms with Gasteiger partial charge in [0.05, 0.1) is 18.3 Å². The van der Waals surface area contributed by atoms with Crippen LogP contribution in [0.4, 0.5) is 0 Å². The van der Waals surface area contributed by atoms with Gasteiger partial charge in [-0.1, -0.05) is 38.3 Å². The van der Waals surface area contributed by atoms with E-state index in [1.54, 1.807) is 0 Å². The number of rotatable bonds is 14. The fourth-order valence-electron chi connectivity index (χ4n) is 4.37. The zero-order valence-corrected chi connectivity index (χ0v) is 16.2. The zero-order valence-electron chi connectivity index (χ0n) is 16.2. The number of carbonyl (C=O) groups is 1. The molecule has 5 heteroatoms. The van der Waals surface area contributed by atoms with Gasteiger partial charge in [0.1, 0.15) is 0 Å². The van der Waals surface area contributed by atoms with Gasteiger partial charge in [-0.25, -0.2) is 0 Å². The fraction of sp³-hybridized carbons (Fsp3) is 0.857. The third kappa shape index (κ3) is 7.01. The molecule has 2 heterocycles. The van der Waals surface area contributed by atoms with Crippen LogP contribution in [0.3, 0.4) is 0 Å². The number of hydrogen-bond acceptors (Lipinski definition) is 4. The molecule has 5 nitrogen and oxygen atoms in total. The molecule has 0 spiro atoms. The lowest BCUT2D eigenvalue weighted by atomic mass is 9.77. The number of aliphatic hydroxyl groups excluding tert-OH is 1. The van der Waals surface area contributed by atoms with E-state index in [4.69, 9.17) is 9.84 Å². The maximum atomic E-state index is 10.5. The molecule has 2 rings (SSSR count). The van der Waals surface area contributed by atoms with Crippen molar-refractivity contribution in [2.75, 3.05) is 13.1 Å². The molecule has 5 atom stereocenters. The molecule has 2 saturated heterocycles. The number of aliphatic carboxylic acids is 1. The van der Waals surface area contributed by atoms with Crippen molar-refractivity contribution in [3.05, 3.63) is 12.2 Å². The highest BCUT2D eigenvalue weighted by molar-refractivity contribution is 5.66. The van der Waals surface area contributed by atoms with Crippen LogP contribution in [-0.2, 0) is 9.53 Å². The van der Waals surface area contributed by atoms with Crippen LogP contribution in [0.2, 0.25) is 0 Å². The summed E-state index contributed by atoms with van der Waals surface area (Å²) in [6, 6.07) is 0. The summed E-state index contributed by atoms with van der Waals surface area (Å²) in [6.07, 6.45) is 14.3. The van der Waals surface area contributed by atoms with Gasteiger partial charge in [0.25, 0.3) is 0 Å². The fourth-order valence-corrected chi connectivity index (χ4v) is 4.37. The highest BCUT2D eigenvalue weighted by atomic mass is 16.5. The van der Waals surface area contributed by atoms with Gasteiger partial charge >= 0.3 is 5.97 Å². The molecular weight excluding hydrogens is 330 g/mol. The predicted octanol–water partition coefficient (Wildman–Crippen LogP) is 3.51. The van der Waals surface area contributed by atoms with E-state index >= 15 is 0 Å². The average molecular weight is 368 g/mol. The van der Waals surface area contributed by atoms with Gasteiger partial charge in [0.2, 0.25) is 0 Å². The quantitative estimate of drug-likeness (QED) is 0.323. The van der Waals surface area contributed by atoms with E-state index in [1.807, 2.05) is 0 Å². The van der Waals surface area contributed by atoms with Crippen LogP contribution in [0, 0.1) is 11.8 Å². The SMILES string of the molecule is CCCCCC(O)CNC[C@@H]1[C@@H](CC=CCCCC(=O)O)[C@H]2CC[C@@H]1O2. The molecule has 3 N–H and O–H groups in total. The van der Waals surface area contributed by atoms with E-state index in [9.17, 15) is 9.90 Å². The van der Waals surface area contributed by atoms with E-state index in [0.717, 1.165) is 38.6 Å². The van der Waals surface area contributed by atoms with Crippen LogP contribution in [0.25, 0.3) is 0 Å².